The molecule has 3 heteroatoms. The van der Waals surface area contributed by atoms with Crippen LogP contribution in [0.4, 0.5) is 8.78 Å². The molecule has 1 N–H and O–H groups in total. The fraction of sp³-hybridized carbons (Fsp3) is 0.600. The first-order valence-electron chi connectivity index (χ1n) is 6.55. The Morgan fingerprint density at radius 3 is 2.33 bits per heavy atom. The summed E-state index contributed by atoms with van der Waals surface area (Å²) in [5.41, 5.74) is -0.275. The van der Waals surface area contributed by atoms with Crippen LogP contribution in [0.1, 0.15) is 38.7 Å². The maximum absolute atomic E-state index is 13.1. The third-order valence-corrected chi connectivity index (χ3v) is 4.19. The third-order valence-electron chi connectivity index (χ3n) is 4.19. The fourth-order valence-corrected chi connectivity index (χ4v) is 2.94. The number of rotatable bonds is 2. The second-order valence-corrected chi connectivity index (χ2v) is 5.88. The van der Waals surface area contributed by atoms with Crippen LogP contribution in [-0.2, 0) is 6.42 Å². The lowest BCUT2D eigenvalue weighted by atomic mass is 9.71. The predicted octanol–water partition coefficient (Wildman–Crippen LogP) is 3.69. The molecule has 1 fully saturated rings. The number of hydrogen-bond donors (Lipinski definition) is 1. The van der Waals surface area contributed by atoms with Gasteiger partial charge in [-0.25, -0.2) is 8.78 Å². The van der Waals surface area contributed by atoms with Crippen molar-refractivity contribution in [1.82, 2.24) is 0 Å². The van der Waals surface area contributed by atoms with E-state index in [9.17, 15) is 13.9 Å². The molecule has 1 aromatic carbocycles. The summed E-state index contributed by atoms with van der Waals surface area (Å²) in [7, 11) is 0. The van der Waals surface area contributed by atoms with E-state index in [1.807, 2.05) is 0 Å². The molecule has 1 aliphatic rings. The third kappa shape index (κ3) is 3.08. The Balaban J connectivity index is 2.12. The van der Waals surface area contributed by atoms with E-state index < -0.39 is 17.2 Å². The van der Waals surface area contributed by atoms with E-state index in [0.717, 1.165) is 12.5 Å². The van der Waals surface area contributed by atoms with Crippen LogP contribution in [0.5, 0.6) is 0 Å². The standard InChI is InChI=1S/C15H20F2O/c1-10-3-4-15(18,8-11(10)2)9-12-5-13(16)7-14(17)6-12/h5-7,10-11,18H,3-4,8-9H2,1-2H3. The van der Waals surface area contributed by atoms with Crippen LogP contribution >= 0.6 is 0 Å². The molecule has 0 saturated heterocycles. The van der Waals surface area contributed by atoms with Gasteiger partial charge in [0.25, 0.3) is 0 Å². The zero-order valence-corrected chi connectivity index (χ0v) is 10.9. The Morgan fingerprint density at radius 2 is 1.78 bits per heavy atom. The Kier molecular flexibility index (Phi) is 3.71. The van der Waals surface area contributed by atoms with Crippen molar-refractivity contribution >= 4 is 0 Å². The van der Waals surface area contributed by atoms with E-state index in [-0.39, 0.29) is 0 Å². The van der Waals surface area contributed by atoms with Crippen molar-refractivity contribution < 1.29 is 13.9 Å². The van der Waals surface area contributed by atoms with Gasteiger partial charge in [0.15, 0.2) is 0 Å². The van der Waals surface area contributed by atoms with Gasteiger partial charge in [0.05, 0.1) is 5.60 Å². The Bertz CT molecular complexity index is 412. The van der Waals surface area contributed by atoms with Crippen molar-refractivity contribution in [2.75, 3.05) is 0 Å². The van der Waals surface area contributed by atoms with E-state index in [4.69, 9.17) is 0 Å². The molecule has 0 radical (unpaired) electrons. The molecule has 0 heterocycles. The molecule has 3 unspecified atom stereocenters. The van der Waals surface area contributed by atoms with Crippen molar-refractivity contribution in [1.29, 1.82) is 0 Å². The minimum absolute atomic E-state index is 0.332. The van der Waals surface area contributed by atoms with Gasteiger partial charge < -0.3 is 5.11 Å². The van der Waals surface area contributed by atoms with Crippen molar-refractivity contribution in [2.24, 2.45) is 11.8 Å². The molecule has 100 valence electrons. The van der Waals surface area contributed by atoms with Gasteiger partial charge in [0.2, 0.25) is 0 Å². The Morgan fingerprint density at radius 1 is 1.17 bits per heavy atom. The van der Waals surface area contributed by atoms with Crippen molar-refractivity contribution in [3.63, 3.8) is 0 Å². The van der Waals surface area contributed by atoms with Crippen molar-refractivity contribution in [3.05, 3.63) is 35.4 Å². The SMILES string of the molecule is CC1CCC(O)(Cc2cc(F)cc(F)c2)CC1C. The van der Waals surface area contributed by atoms with Gasteiger partial charge in [-0.2, -0.15) is 0 Å². The van der Waals surface area contributed by atoms with Crippen LogP contribution in [0, 0.1) is 23.5 Å². The number of aliphatic hydroxyl groups is 1. The lowest BCUT2D eigenvalue weighted by Gasteiger charge is -2.39. The Hall–Kier alpha value is -0.960. The summed E-state index contributed by atoms with van der Waals surface area (Å²) < 4.78 is 26.2. The molecule has 0 aliphatic heterocycles. The van der Waals surface area contributed by atoms with Gasteiger partial charge in [-0.3, -0.25) is 0 Å². The summed E-state index contributed by atoms with van der Waals surface area (Å²) in [4.78, 5) is 0. The van der Waals surface area contributed by atoms with E-state index >= 15 is 0 Å². The summed E-state index contributed by atoms with van der Waals surface area (Å²) in [6.45, 7) is 4.31. The highest BCUT2D eigenvalue weighted by molar-refractivity contribution is 5.20. The first-order valence-corrected chi connectivity index (χ1v) is 6.55. The van der Waals surface area contributed by atoms with Crippen LogP contribution < -0.4 is 0 Å². The second kappa shape index (κ2) is 4.96. The second-order valence-electron chi connectivity index (χ2n) is 5.88. The smallest absolute Gasteiger partial charge is 0.126 e. The van der Waals surface area contributed by atoms with Crippen LogP contribution in [-0.4, -0.2) is 10.7 Å². The molecule has 3 atom stereocenters. The fourth-order valence-electron chi connectivity index (χ4n) is 2.94. The highest BCUT2D eigenvalue weighted by Crippen LogP contribution is 2.38. The Labute approximate surface area is 107 Å². The van der Waals surface area contributed by atoms with E-state index in [0.29, 0.717) is 36.7 Å². The molecule has 0 bridgehead atoms. The highest BCUT2D eigenvalue weighted by Gasteiger charge is 2.35. The zero-order chi connectivity index (χ0) is 13.3. The molecule has 0 spiro atoms. The average Bonchev–Trinajstić information content (AvgIpc) is 2.22. The lowest BCUT2D eigenvalue weighted by Crippen LogP contribution is -2.39. The largest absolute Gasteiger partial charge is 0.390 e. The quantitative estimate of drug-likeness (QED) is 0.853. The molecular weight excluding hydrogens is 234 g/mol. The summed E-state index contributed by atoms with van der Waals surface area (Å²) in [6, 6.07) is 3.48. The van der Waals surface area contributed by atoms with Gasteiger partial charge in [-0.1, -0.05) is 13.8 Å². The van der Waals surface area contributed by atoms with Crippen LogP contribution in [0.3, 0.4) is 0 Å². The van der Waals surface area contributed by atoms with Gasteiger partial charge in [-0.15, -0.1) is 0 Å². The van der Waals surface area contributed by atoms with Crippen molar-refractivity contribution in [2.45, 2.75) is 45.1 Å². The van der Waals surface area contributed by atoms with Crippen molar-refractivity contribution in [3.8, 4) is 0 Å². The number of benzene rings is 1. The molecule has 0 amide bonds. The van der Waals surface area contributed by atoms with Gasteiger partial charge in [0, 0.05) is 12.5 Å². The predicted molar refractivity (Wildman–Crippen MR) is 67.2 cm³/mol. The molecule has 2 rings (SSSR count). The molecule has 1 aliphatic carbocycles. The normalized spacial score (nSPS) is 32.5. The molecule has 1 nitrogen and oxygen atoms in total. The first kappa shape index (κ1) is 13.5. The van der Waals surface area contributed by atoms with Crippen LogP contribution in [0.15, 0.2) is 18.2 Å². The van der Waals surface area contributed by atoms with E-state index in [1.165, 1.54) is 12.1 Å². The summed E-state index contributed by atoms with van der Waals surface area (Å²) >= 11 is 0. The molecule has 1 saturated carbocycles. The van der Waals surface area contributed by atoms with Crippen LogP contribution in [0.2, 0.25) is 0 Å². The van der Waals surface area contributed by atoms with Gasteiger partial charge in [0.1, 0.15) is 11.6 Å². The summed E-state index contributed by atoms with van der Waals surface area (Å²) in [6.07, 6.45) is 2.71. The molecule has 18 heavy (non-hydrogen) atoms. The summed E-state index contributed by atoms with van der Waals surface area (Å²) in [5.74, 6) is -0.103. The topological polar surface area (TPSA) is 20.2 Å². The van der Waals surface area contributed by atoms with Gasteiger partial charge >= 0.3 is 0 Å². The molecular formula is C15H20F2O. The molecule has 0 aromatic heterocycles. The number of hydrogen-bond acceptors (Lipinski definition) is 1. The minimum Gasteiger partial charge on any atom is -0.390 e. The number of halogens is 2. The van der Waals surface area contributed by atoms with Crippen LogP contribution in [0.25, 0.3) is 0 Å². The summed E-state index contributed by atoms with van der Waals surface area (Å²) in [5, 5.41) is 10.5. The maximum atomic E-state index is 13.1. The average molecular weight is 254 g/mol. The minimum atomic E-state index is -0.813. The van der Waals surface area contributed by atoms with Gasteiger partial charge in [-0.05, 0) is 48.8 Å². The van der Waals surface area contributed by atoms with E-state index in [1.54, 1.807) is 0 Å². The lowest BCUT2D eigenvalue weighted by molar-refractivity contribution is -0.0280. The first-order chi connectivity index (χ1) is 8.38. The monoisotopic (exact) mass is 254 g/mol. The maximum Gasteiger partial charge on any atom is 0.126 e. The molecule has 1 aromatic rings. The zero-order valence-electron chi connectivity index (χ0n) is 10.9. The highest BCUT2D eigenvalue weighted by atomic mass is 19.1. The van der Waals surface area contributed by atoms with E-state index in [2.05, 4.69) is 13.8 Å².